The maximum absolute atomic E-state index is 10.6. The molecule has 0 aromatic carbocycles. The molecule has 1 atom stereocenters. The van der Waals surface area contributed by atoms with Crippen LogP contribution in [-0.2, 0) is 9.53 Å². The summed E-state index contributed by atoms with van der Waals surface area (Å²) in [7, 11) is 0. The van der Waals surface area contributed by atoms with Crippen molar-refractivity contribution in [2.75, 3.05) is 6.61 Å². The number of carbonyl (C=O) groups excluding carboxylic acids is 1. The normalized spacial score (nSPS) is 11.6. The van der Waals surface area contributed by atoms with Crippen LogP contribution < -0.4 is 0 Å². The number of nitriles is 1. The van der Waals surface area contributed by atoms with Crippen LogP contribution in [0.4, 0.5) is 0 Å². The molecule has 9 heavy (non-hydrogen) atoms. The molecule has 0 rings (SSSR count). The number of carbonyl (C=O) groups is 1. The highest BCUT2D eigenvalue weighted by Crippen LogP contribution is 1.97. The molecule has 0 fully saturated rings. The predicted octanol–water partition coefficient (Wildman–Crippen LogP) is -0.505. The van der Waals surface area contributed by atoms with Crippen molar-refractivity contribution in [1.29, 1.82) is 5.26 Å². The molecule has 0 amide bonds. The van der Waals surface area contributed by atoms with Gasteiger partial charge in [-0.05, 0) is 6.92 Å². The largest absolute Gasteiger partial charge is 0.466 e. The first kappa shape index (κ1) is 8.49. The van der Waals surface area contributed by atoms with E-state index in [0.717, 1.165) is 0 Å². The molecule has 1 unspecified atom stereocenters. The van der Waals surface area contributed by atoms with E-state index in [9.17, 15) is 4.79 Å². The number of esters is 1. The highest BCUT2D eigenvalue weighted by Gasteiger charge is 2.10. The summed E-state index contributed by atoms with van der Waals surface area (Å²) >= 11 is 0.552. The molecule has 0 aliphatic rings. The van der Waals surface area contributed by atoms with Crippen molar-refractivity contribution in [3.63, 3.8) is 0 Å². The highest BCUT2D eigenvalue weighted by atomic mass is 27.0. The molecular weight excluding hydrogens is 133 g/mol. The summed E-state index contributed by atoms with van der Waals surface area (Å²) in [5.74, 6) is -0.383. The summed E-state index contributed by atoms with van der Waals surface area (Å²) in [4.78, 5) is 10.6. The van der Waals surface area contributed by atoms with Gasteiger partial charge >= 0.3 is 5.97 Å². The van der Waals surface area contributed by atoms with Gasteiger partial charge in [0.2, 0.25) is 0 Å². The molecule has 4 heteroatoms. The molecule has 0 saturated carbocycles. The first-order valence-corrected chi connectivity index (χ1v) is 3.94. The first-order chi connectivity index (χ1) is 4.22. The van der Waals surface area contributed by atoms with E-state index in [4.69, 9.17) is 5.26 Å². The summed E-state index contributed by atoms with van der Waals surface area (Å²) in [6, 6.07) is 1.84. The number of nitrogens with zero attached hydrogens (tertiary/aromatic N) is 1. The Bertz CT molecular complexity index is 140. The number of hydrogen-bond donors (Lipinski definition) is 0. The highest BCUT2D eigenvalue weighted by molar-refractivity contribution is 6.24. The lowest BCUT2D eigenvalue weighted by Gasteiger charge is -2.00. The standard InChI is InChI=1S/C5H6NO2.Al.2H/c1-2-8-5(7)3-4-6;;;/h3H,2H2,1H3;;;. The Hall–Kier alpha value is -0.508. The van der Waals surface area contributed by atoms with E-state index in [1.165, 1.54) is 0 Å². The second-order valence-corrected chi connectivity index (χ2v) is 2.76. The first-order valence-electron chi connectivity index (χ1n) is 2.78. The Labute approximate surface area is 62.0 Å². The van der Waals surface area contributed by atoms with Crippen LogP contribution in [0.3, 0.4) is 0 Å². The van der Waals surface area contributed by atoms with Crippen molar-refractivity contribution in [1.82, 2.24) is 0 Å². The van der Waals surface area contributed by atoms with E-state index >= 15 is 0 Å². The summed E-state index contributed by atoms with van der Waals surface area (Å²) < 4.78 is 4.07. The second-order valence-electron chi connectivity index (χ2n) is 1.60. The van der Waals surface area contributed by atoms with Gasteiger partial charge in [0.1, 0.15) is 0 Å². The third kappa shape index (κ3) is 3.13. The van der Waals surface area contributed by atoms with Gasteiger partial charge in [-0.15, -0.1) is 0 Å². The van der Waals surface area contributed by atoms with E-state index in [2.05, 4.69) is 4.74 Å². The Balaban J connectivity index is 3.63. The van der Waals surface area contributed by atoms with Crippen LogP contribution in [0, 0.1) is 11.3 Å². The third-order valence-corrected chi connectivity index (χ3v) is 1.56. The maximum atomic E-state index is 10.6. The molecule has 0 aromatic rings. The molecule has 0 heterocycles. The van der Waals surface area contributed by atoms with Crippen molar-refractivity contribution in [2.45, 2.75) is 11.7 Å². The predicted molar refractivity (Wildman–Crippen MR) is 34.5 cm³/mol. The van der Waals surface area contributed by atoms with Gasteiger partial charge in [0.15, 0.2) is 0 Å². The zero-order chi connectivity index (χ0) is 7.28. The fourth-order valence-corrected chi connectivity index (χ4v) is 0.487. The number of rotatable bonds is 2. The van der Waals surface area contributed by atoms with Crippen molar-refractivity contribution in [3.05, 3.63) is 0 Å². The molecule has 0 spiro atoms. The monoisotopic (exact) mass is 141 g/mol. The van der Waals surface area contributed by atoms with Gasteiger partial charge in [0.05, 0.1) is 17.5 Å². The van der Waals surface area contributed by atoms with Gasteiger partial charge in [-0.2, -0.15) is 5.26 Å². The minimum atomic E-state index is -0.495. The third-order valence-electron chi connectivity index (χ3n) is 0.834. The smallest absolute Gasteiger partial charge is 0.308 e. The Morgan fingerprint density at radius 3 is 2.89 bits per heavy atom. The zero-order valence-corrected chi connectivity index (χ0v) is 7.55. The van der Waals surface area contributed by atoms with Crippen molar-refractivity contribution in [3.8, 4) is 6.07 Å². The molecule has 0 aliphatic heterocycles. The Morgan fingerprint density at radius 1 is 2.00 bits per heavy atom. The van der Waals surface area contributed by atoms with Crippen LogP contribution in [0.1, 0.15) is 6.92 Å². The Morgan fingerprint density at radius 2 is 2.56 bits per heavy atom. The lowest BCUT2D eigenvalue weighted by molar-refractivity contribution is -0.141. The quantitative estimate of drug-likeness (QED) is 0.384. The molecular formula is C5H8AlNO2. The minimum absolute atomic E-state index is 0.360. The summed E-state index contributed by atoms with van der Waals surface area (Å²) in [5.41, 5.74) is 0. The van der Waals surface area contributed by atoms with Crippen LogP contribution in [-0.4, -0.2) is 28.9 Å². The SMILES string of the molecule is CCOC(=O)[CH]([AlH2])C#N. The maximum Gasteiger partial charge on any atom is 0.308 e. The van der Waals surface area contributed by atoms with E-state index < -0.39 is 4.78 Å². The van der Waals surface area contributed by atoms with Crippen molar-refractivity contribution >= 4 is 22.3 Å². The molecule has 0 N–H and O–H groups in total. The average molecular weight is 141 g/mol. The van der Waals surface area contributed by atoms with Crippen molar-refractivity contribution < 1.29 is 9.53 Å². The molecule has 3 nitrogen and oxygen atoms in total. The number of hydrogen-bond acceptors (Lipinski definition) is 3. The van der Waals surface area contributed by atoms with Gasteiger partial charge < -0.3 is 4.74 Å². The summed E-state index contributed by atoms with van der Waals surface area (Å²) in [5, 5.41) is 8.22. The fourth-order valence-electron chi connectivity index (χ4n) is 0.320. The molecule has 0 aliphatic carbocycles. The molecule has 0 saturated heterocycles. The van der Waals surface area contributed by atoms with Gasteiger partial charge in [0.25, 0.3) is 16.3 Å². The van der Waals surface area contributed by atoms with E-state index in [0.29, 0.717) is 22.9 Å². The summed E-state index contributed by atoms with van der Waals surface area (Å²) in [6.45, 7) is 2.09. The number of ether oxygens (including phenoxy) is 1. The fraction of sp³-hybridized carbons (Fsp3) is 0.600. The lowest BCUT2D eigenvalue weighted by atomic mass is 10.5. The van der Waals surface area contributed by atoms with Crippen LogP contribution >= 0.6 is 0 Å². The topological polar surface area (TPSA) is 50.1 Å². The van der Waals surface area contributed by atoms with Crippen LogP contribution in [0.15, 0.2) is 0 Å². The van der Waals surface area contributed by atoms with Gasteiger partial charge in [-0.1, -0.05) is 0 Å². The molecule has 0 radical (unpaired) electrons. The van der Waals surface area contributed by atoms with Gasteiger partial charge in [0, 0.05) is 0 Å². The van der Waals surface area contributed by atoms with Crippen LogP contribution in [0.2, 0.25) is 4.78 Å². The van der Waals surface area contributed by atoms with Gasteiger partial charge in [-0.3, -0.25) is 4.79 Å². The molecule has 0 aromatic heterocycles. The zero-order valence-electron chi connectivity index (χ0n) is 5.55. The molecule has 0 bridgehead atoms. The second kappa shape index (κ2) is 4.38. The Kier molecular flexibility index (Phi) is 4.13. The molecule has 48 valence electrons. The average Bonchev–Trinajstić information content (AvgIpc) is 1.87. The van der Waals surface area contributed by atoms with Crippen molar-refractivity contribution in [2.24, 2.45) is 0 Å². The lowest BCUT2D eigenvalue weighted by Crippen LogP contribution is -2.10. The summed E-state index contributed by atoms with van der Waals surface area (Å²) in [6.07, 6.45) is 0. The van der Waals surface area contributed by atoms with E-state index in [-0.39, 0.29) is 5.97 Å². The van der Waals surface area contributed by atoms with Crippen LogP contribution in [0.25, 0.3) is 0 Å². The van der Waals surface area contributed by atoms with E-state index in [1.807, 2.05) is 6.07 Å². The van der Waals surface area contributed by atoms with E-state index in [1.54, 1.807) is 6.92 Å². The van der Waals surface area contributed by atoms with Gasteiger partial charge in [-0.25, -0.2) is 0 Å². The minimum Gasteiger partial charge on any atom is -0.466 e. The van der Waals surface area contributed by atoms with Crippen LogP contribution in [0.5, 0.6) is 0 Å².